The highest BCUT2D eigenvalue weighted by Gasteiger charge is 2.39. The number of carboxylic acid groups (broad SMARTS) is 1. The van der Waals surface area contributed by atoms with Crippen molar-refractivity contribution in [2.24, 2.45) is 17.8 Å². The standard InChI is InChI=1S/C15H20O3/c1-8-4-5-12(9(2)15(17)18)14-10(3)13(16)7-11(14)6-8/h8,11-12H,2,4-7H2,1,3H3,(H,17,18)/t8-,11+,12+/m0/s1. The molecule has 3 heteroatoms. The SMILES string of the molecule is C=C(C(=O)O)[C@H]1CC[C@H](C)C[C@@H]2CC(=O)C(C)=C21. The Morgan fingerprint density at radius 2 is 2.06 bits per heavy atom. The maximum Gasteiger partial charge on any atom is 0.331 e. The van der Waals surface area contributed by atoms with Crippen LogP contribution in [0.15, 0.2) is 23.3 Å². The van der Waals surface area contributed by atoms with Gasteiger partial charge in [0.1, 0.15) is 0 Å². The number of aliphatic carboxylic acids is 1. The number of hydrogen-bond acceptors (Lipinski definition) is 2. The van der Waals surface area contributed by atoms with E-state index in [1.807, 2.05) is 6.92 Å². The van der Waals surface area contributed by atoms with Crippen molar-refractivity contribution >= 4 is 11.8 Å². The van der Waals surface area contributed by atoms with Gasteiger partial charge in [-0.2, -0.15) is 0 Å². The average Bonchev–Trinajstić information content (AvgIpc) is 2.48. The topological polar surface area (TPSA) is 54.4 Å². The van der Waals surface area contributed by atoms with Crippen LogP contribution < -0.4 is 0 Å². The van der Waals surface area contributed by atoms with E-state index in [0.29, 0.717) is 12.3 Å². The molecule has 2 aliphatic carbocycles. The van der Waals surface area contributed by atoms with E-state index >= 15 is 0 Å². The zero-order valence-corrected chi connectivity index (χ0v) is 11.0. The number of carbonyl (C=O) groups is 2. The second kappa shape index (κ2) is 4.71. The van der Waals surface area contributed by atoms with Gasteiger partial charge in [-0.05, 0) is 43.6 Å². The Morgan fingerprint density at radius 3 is 2.67 bits per heavy atom. The lowest BCUT2D eigenvalue weighted by atomic mass is 9.83. The third-order valence-electron chi connectivity index (χ3n) is 4.43. The molecule has 2 rings (SSSR count). The molecule has 1 saturated carbocycles. The zero-order valence-electron chi connectivity index (χ0n) is 11.0. The van der Waals surface area contributed by atoms with Gasteiger partial charge in [0.2, 0.25) is 0 Å². The summed E-state index contributed by atoms with van der Waals surface area (Å²) >= 11 is 0. The fourth-order valence-electron chi connectivity index (χ4n) is 3.43. The molecular weight excluding hydrogens is 228 g/mol. The minimum atomic E-state index is -0.937. The fraction of sp³-hybridized carbons (Fsp3) is 0.600. The fourth-order valence-corrected chi connectivity index (χ4v) is 3.43. The molecule has 1 N–H and O–H groups in total. The van der Waals surface area contributed by atoms with Crippen molar-refractivity contribution in [3.8, 4) is 0 Å². The van der Waals surface area contributed by atoms with Crippen LogP contribution in [0.5, 0.6) is 0 Å². The van der Waals surface area contributed by atoms with E-state index in [0.717, 1.165) is 30.4 Å². The van der Waals surface area contributed by atoms with Crippen LogP contribution in [0.1, 0.15) is 39.5 Å². The van der Waals surface area contributed by atoms with Crippen LogP contribution >= 0.6 is 0 Å². The van der Waals surface area contributed by atoms with E-state index < -0.39 is 5.97 Å². The number of Topliss-reactive ketones (excluding diaryl/α,β-unsaturated/α-hetero) is 1. The van der Waals surface area contributed by atoms with Crippen LogP contribution in [-0.4, -0.2) is 16.9 Å². The lowest BCUT2D eigenvalue weighted by Crippen LogP contribution is -2.16. The Hall–Kier alpha value is -1.38. The molecule has 3 nitrogen and oxygen atoms in total. The van der Waals surface area contributed by atoms with Gasteiger partial charge in [-0.25, -0.2) is 4.79 Å². The number of carboxylic acids is 1. The van der Waals surface area contributed by atoms with Gasteiger partial charge in [0, 0.05) is 17.9 Å². The number of ketones is 1. The summed E-state index contributed by atoms with van der Waals surface area (Å²) < 4.78 is 0. The normalized spacial score (nSPS) is 32.1. The number of rotatable bonds is 2. The van der Waals surface area contributed by atoms with Gasteiger partial charge < -0.3 is 5.11 Å². The summed E-state index contributed by atoms with van der Waals surface area (Å²) in [6, 6.07) is 0. The van der Waals surface area contributed by atoms with Gasteiger partial charge in [-0.1, -0.05) is 19.1 Å². The minimum absolute atomic E-state index is 0.135. The van der Waals surface area contributed by atoms with Crippen molar-refractivity contribution in [3.05, 3.63) is 23.3 Å². The summed E-state index contributed by atoms with van der Waals surface area (Å²) in [6.07, 6.45) is 3.39. The van der Waals surface area contributed by atoms with Gasteiger partial charge in [0.15, 0.2) is 5.78 Å². The van der Waals surface area contributed by atoms with Crippen LogP contribution in [0, 0.1) is 17.8 Å². The molecular formula is C15H20O3. The highest BCUT2D eigenvalue weighted by Crippen LogP contribution is 2.45. The number of carbonyl (C=O) groups excluding carboxylic acids is 1. The quantitative estimate of drug-likeness (QED) is 0.764. The summed E-state index contributed by atoms with van der Waals surface area (Å²) in [5.74, 6) is -0.0875. The summed E-state index contributed by atoms with van der Waals surface area (Å²) in [7, 11) is 0. The largest absolute Gasteiger partial charge is 0.478 e. The summed E-state index contributed by atoms with van der Waals surface area (Å²) in [6.45, 7) is 7.74. The molecule has 0 aromatic rings. The Kier molecular flexibility index (Phi) is 3.42. The molecule has 0 aliphatic heterocycles. The Morgan fingerprint density at radius 1 is 1.39 bits per heavy atom. The lowest BCUT2D eigenvalue weighted by molar-refractivity contribution is -0.133. The van der Waals surface area contributed by atoms with Gasteiger partial charge in [-0.15, -0.1) is 0 Å². The van der Waals surface area contributed by atoms with Crippen molar-refractivity contribution in [3.63, 3.8) is 0 Å². The summed E-state index contributed by atoms with van der Waals surface area (Å²) in [5, 5.41) is 9.16. The first kappa shape index (κ1) is 13.1. The summed E-state index contributed by atoms with van der Waals surface area (Å²) in [5.41, 5.74) is 2.11. The predicted molar refractivity (Wildman–Crippen MR) is 69.1 cm³/mol. The molecule has 0 aromatic carbocycles. The molecule has 18 heavy (non-hydrogen) atoms. The van der Waals surface area contributed by atoms with Gasteiger partial charge >= 0.3 is 5.97 Å². The Labute approximate surface area is 108 Å². The van der Waals surface area contributed by atoms with Crippen molar-refractivity contribution in [2.45, 2.75) is 39.5 Å². The first-order valence-corrected chi connectivity index (χ1v) is 6.57. The average molecular weight is 248 g/mol. The molecule has 98 valence electrons. The van der Waals surface area contributed by atoms with E-state index in [2.05, 4.69) is 13.5 Å². The van der Waals surface area contributed by atoms with Gasteiger partial charge in [-0.3, -0.25) is 4.79 Å². The second-order valence-electron chi connectivity index (χ2n) is 5.71. The van der Waals surface area contributed by atoms with Gasteiger partial charge in [0.05, 0.1) is 0 Å². The van der Waals surface area contributed by atoms with Gasteiger partial charge in [0.25, 0.3) is 0 Å². The van der Waals surface area contributed by atoms with E-state index in [1.54, 1.807) is 0 Å². The maximum absolute atomic E-state index is 11.9. The van der Waals surface area contributed by atoms with Crippen LogP contribution in [-0.2, 0) is 9.59 Å². The number of fused-ring (bicyclic) bond motifs is 1. The van der Waals surface area contributed by atoms with E-state index in [-0.39, 0.29) is 23.2 Å². The molecule has 0 aromatic heterocycles. The molecule has 0 amide bonds. The van der Waals surface area contributed by atoms with Crippen molar-refractivity contribution in [1.29, 1.82) is 0 Å². The maximum atomic E-state index is 11.9. The van der Waals surface area contributed by atoms with Crippen molar-refractivity contribution in [1.82, 2.24) is 0 Å². The van der Waals surface area contributed by atoms with E-state index in [1.165, 1.54) is 0 Å². The Balaban J connectivity index is 2.41. The van der Waals surface area contributed by atoms with E-state index in [4.69, 9.17) is 5.11 Å². The summed E-state index contributed by atoms with van der Waals surface area (Å²) in [4.78, 5) is 23.0. The predicted octanol–water partition coefficient (Wildman–Crippen LogP) is 2.97. The lowest BCUT2D eigenvalue weighted by Gasteiger charge is -2.21. The first-order chi connectivity index (χ1) is 8.41. The molecule has 3 atom stereocenters. The molecule has 2 aliphatic rings. The van der Waals surface area contributed by atoms with Crippen LogP contribution in [0.2, 0.25) is 0 Å². The first-order valence-electron chi connectivity index (χ1n) is 6.57. The minimum Gasteiger partial charge on any atom is -0.478 e. The third-order valence-corrected chi connectivity index (χ3v) is 4.43. The second-order valence-corrected chi connectivity index (χ2v) is 5.71. The molecule has 1 fully saturated rings. The monoisotopic (exact) mass is 248 g/mol. The molecule has 0 bridgehead atoms. The van der Waals surface area contributed by atoms with Crippen molar-refractivity contribution in [2.75, 3.05) is 0 Å². The highest BCUT2D eigenvalue weighted by atomic mass is 16.4. The van der Waals surface area contributed by atoms with Crippen LogP contribution in [0.4, 0.5) is 0 Å². The molecule has 0 saturated heterocycles. The van der Waals surface area contributed by atoms with E-state index in [9.17, 15) is 9.59 Å². The molecule has 0 spiro atoms. The number of hydrogen-bond donors (Lipinski definition) is 1. The smallest absolute Gasteiger partial charge is 0.331 e. The van der Waals surface area contributed by atoms with Crippen molar-refractivity contribution < 1.29 is 14.7 Å². The molecule has 0 radical (unpaired) electrons. The Bertz CT molecular complexity index is 445. The highest BCUT2D eigenvalue weighted by molar-refractivity contribution is 5.99. The molecule has 0 unspecified atom stereocenters. The van der Waals surface area contributed by atoms with Crippen LogP contribution in [0.25, 0.3) is 0 Å². The number of allylic oxidation sites excluding steroid dienone is 2. The molecule has 0 heterocycles. The zero-order chi connectivity index (χ0) is 13.4. The van der Waals surface area contributed by atoms with Crippen LogP contribution in [0.3, 0.4) is 0 Å². The third kappa shape index (κ3) is 2.14.